The van der Waals surface area contributed by atoms with Crippen molar-refractivity contribution in [1.82, 2.24) is 5.32 Å². The van der Waals surface area contributed by atoms with Crippen LogP contribution in [0.5, 0.6) is 11.5 Å². The number of carbonyl (C=O) groups excluding carboxylic acids is 1. The van der Waals surface area contributed by atoms with Gasteiger partial charge < -0.3 is 14.8 Å². The molecule has 3 aromatic carbocycles. The molecule has 33 heavy (non-hydrogen) atoms. The number of ether oxygens (including phenoxy) is 2. The second-order valence-corrected chi connectivity index (χ2v) is 10.1. The zero-order valence-corrected chi connectivity index (χ0v) is 21.0. The number of methoxy groups -OCH3 is 1. The van der Waals surface area contributed by atoms with E-state index in [2.05, 4.69) is 26.0 Å². The molecule has 0 aliphatic carbocycles. The van der Waals surface area contributed by atoms with E-state index in [1.165, 1.54) is 37.4 Å². The Morgan fingerprint density at radius 2 is 1.82 bits per heavy atom. The molecule has 1 atom stereocenters. The smallest absolute Gasteiger partial charge is 0.261 e. The lowest BCUT2D eigenvalue weighted by atomic mass is 10.1. The second kappa shape index (κ2) is 10.9. The van der Waals surface area contributed by atoms with Crippen LogP contribution in [0.4, 0.5) is 5.69 Å². The maximum absolute atomic E-state index is 12.6. The van der Waals surface area contributed by atoms with Crippen molar-refractivity contribution in [2.24, 2.45) is 0 Å². The molecule has 0 saturated heterocycles. The minimum absolute atomic E-state index is 0.0366. The summed E-state index contributed by atoms with van der Waals surface area (Å²) in [6, 6.07) is 17.8. The quantitative estimate of drug-likeness (QED) is 0.381. The summed E-state index contributed by atoms with van der Waals surface area (Å²) in [5.74, 6) is 0.514. The van der Waals surface area contributed by atoms with Gasteiger partial charge in [-0.15, -0.1) is 0 Å². The molecule has 174 valence electrons. The molecule has 0 spiro atoms. The SMILES string of the molecule is COc1ccc(NS(=O)(=O)c2ccc(OCC(=O)N[C@@H](C)c3cccc(Br)c3)cc2)cc1Cl. The van der Waals surface area contributed by atoms with Gasteiger partial charge in [-0.2, -0.15) is 0 Å². The van der Waals surface area contributed by atoms with E-state index in [0.29, 0.717) is 17.2 Å². The molecule has 0 aliphatic heterocycles. The fourth-order valence-electron chi connectivity index (χ4n) is 2.95. The number of benzene rings is 3. The largest absolute Gasteiger partial charge is 0.495 e. The Bertz CT molecular complexity index is 1240. The fraction of sp³-hybridized carbons (Fsp3) is 0.174. The Balaban J connectivity index is 1.57. The Morgan fingerprint density at radius 3 is 2.45 bits per heavy atom. The third-order valence-electron chi connectivity index (χ3n) is 4.63. The number of rotatable bonds is 9. The first kappa shape index (κ1) is 24.9. The van der Waals surface area contributed by atoms with Crippen LogP contribution >= 0.6 is 27.5 Å². The number of anilines is 1. The normalized spacial score (nSPS) is 12.0. The third kappa shape index (κ3) is 6.86. The molecule has 2 N–H and O–H groups in total. The topological polar surface area (TPSA) is 93.7 Å². The van der Waals surface area contributed by atoms with Crippen LogP contribution in [0.25, 0.3) is 0 Å². The lowest BCUT2D eigenvalue weighted by Crippen LogP contribution is -2.31. The molecule has 3 rings (SSSR count). The molecule has 0 aliphatic rings. The number of carbonyl (C=O) groups is 1. The average molecular weight is 554 g/mol. The third-order valence-corrected chi connectivity index (χ3v) is 6.82. The molecule has 3 aromatic rings. The summed E-state index contributed by atoms with van der Waals surface area (Å²) in [5.41, 5.74) is 1.26. The number of hydrogen-bond donors (Lipinski definition) is 2. The minimum atomic E-state index is -3.84. The molecule has 0 heterocycles. The van der Waals surface area contributed by atoms with E-state index in [-0.39, 0.29) is 28.5 Å². The van der Waals surface area contributed by atoms with Crippen molar-refractivity contribution >= 4 is 49.1 Å². The molecule has 0 saturated carbocycles. The highest BCUT2D eigenvalue weighted by Crippen LogP contribution is 2.28. The highest BCUT2D eigenvalue weighted by molar-refractivity contribution is 9.10. The van der Waals surface area contributed by atoms with Crippen molar-refractivity contribution in [3.05, 3.63) is 81.8 Å². The van der Waals surface area contributed by atoms with E-state index in [9.17, 15) is 13.2 Å². The van der Waals surface area contributed by atoms with E-state index in [4.69, 9.17) is 21.1 Å². The van der Waals surface area contributed by atoms with Crippen molar-refractivity contribution in [3.63, 3.8) is 0 Å². The maximum Gasteiger partial charge on any atom is 0.261 e. The van der Waals surface area contributed by atoms with Gasteiger partial charge in [0.15, 0.2) is 6.61 Å². The Labute approximate surface area is 206 Å². The molecule has 7 nitrogen and oxygen atoms in total. The van der Waals surface area contributed by atoms with E-state index in [1.54, 1.807) is 12.1 Å². The summed E-state index contributed by atoms with van der Waals surface area (Å²) >= 11 is 9.46. The van der Waals surface area contributed by atoms with E-state index >= 15 is 0 Å². The molecule has 1 amide bonds. The van der Waals surface area contributed by atoms with Crippen LogP contribution in [0.2, 0.25) is 5.02 Å². The van der Waals surface area contributed by atoms with Gasteiger partial charge in [0.1, 0.15) is 11.5 Å². The highest BCUT2D eigenvalue weighted by Gasteiger charge is 2.16. The van der Waals surface area contributed by atoms with E-state index in [0.717, 1.165) is 10.0 Å². The maximum atomic E-state index is 12.6. The summed E-state index contributed by atoms with van der Waals surface area (Å²) in [5, 5.41) is 3.14. The minimum Gasteiger partial charge on any atom is -0.495 e. The number of sulfonamides is 1. The van der Waals surface area contributed by atoms with Crippen LogP contribution in [0.15, 0.2) is 76.1 Å². The van der Waals surface area contributed by atoms with Crippen LogP contribution in [0, 0.1) is 0 Å². The van der Waals surface area contributed by atoms with Crippen LogP contribution in [-0.4, -0.2) is 28.0 Å². The number of nitrogens with one attached hydrogen (secondary N) is 2. The molecular weight excluding hydrogens is 532 g/mol. The first-order valence-corrected chi connectivity index (χ1v) is 12.5. The standard InChI is InChI=1S/C23H22BrClN2O5S/c1-15(16-4-3-5-17(24)12-16)26-23(28)14-32-19-7-9-20(10-8-19)33(29,30)27-18-6-11-22(31-2)21(25)13-18/h3-13,15,27H,14H2,1-2H3,(H,26,28)/t15-/m0/s1. The summed E-state index contributed by atoms with van der Waals surface area (Å²) in [4.78, 5) is 12.3. The lowest BCUT2D eigenvalue weighted by Gasteiger charge is -2.15. The molecule has 0 fully saturated rings. The molecule has 0 aromatic heterocycles. The van der Waals surface area contributed by atoms with Gasteiger partial charge in [0.2, 0.25) is 0 Å². The molecule has 0 radical (unpaired) electrons. The van der Waals surface area contributed by atoms with Crippen LogP contribution in [0.3, 0.4) is 0 Å². The molecule has 10 heteroatoms. The van der Waals surface area contributed by atoms with Crippen LogP contribution < -0.4 is 19.5 Å². The highest BCUT2D eigenvalue weighted by atomic mass is 79.9. The number of hydrogen-bond acceptors (Lipinski definition) is 5. The molecular formula is C23H22BrClN2O5S. The van der Waals surface area contributed by atoms with Crippen molar-refractivity contribution in [3.8, 4) is 11.5 Å². The van der Waals surface area contributed by atoms with Gasteiger partial charge in [-0.05, 0) is 67.1 Å². The van der Waals surface area contributed by atoms with Crippen molar-refractivity contribution in [2.75, 3.05) is 18.4 Å². The molecule has 0 bridgehead atoms. The van der Waals surface area contributed by atoms with Gasteiger partial charge in [0.25, 0.3) is 15.9 Å². The summed E-state index contributed by atoms with van der Waals surface area (Å²) in [6.07, 6.45) is 0. The van der Waals surface area contributed by atoms with Crippen LogP contribution in [0.1, 0.15) is 18.5 Å². The summed E-state index contributed by atoms with van der Waals surface area (Å²) in [6.45, 7) is 1.68. The predicted molar refractivity (Wildman–Crippen MR) is 131 cm³/mol. The number of halogens is 2. The van der Waals surface area contributed by atoms with Gasteiger partial charge in [0.05, 0.1) is 28.8 Å². The monoisotopic (exact) mass is 552 g/mol. The van der Waals surface area contributed by atoms with Gasteiger partial charge in [-0.1, -0.05) is 39.7 Å². The Hall–Kier alpha value is -2.75. The van der Waals surface area contributed by atoms with Crippen molar-refractivity contribution in [2.45, 2.75) is 17.9 Å². The van der Waals surface area contributed by atoms with Gasteiger partial charge in [-0.3, -0.25) is 9.52 Å². The molecule has 0 unspecified atom stereocenters. The van der Waals surface area contributed by atoms with E-state index < -0.39 is 10.0 Å². The fourth-order valence-corrected chi connectivity index (χ4v) is 4.67. The zero-order chi connectivity index (χ0) is 24.0. The number of amides is 1. The van der Waals surface area contributed by atoms with Crippen molar-refractivity contribution < 1.29 is 22.7 Å². The average Bonchev–Trinajstić information content (AvgIpc) is 2.78. The summed E-state index contributed by atoms with van der Waals surface area (Å²) < 4.78 is 39.2. The Kier molecular flexibility index (Phi) is 8.23. The first-order chi connectivity index (χ1) is 15.7. The van der Waals surface area contributed by atoms with E-state index in [1.807, 2.05) is 31.2 Å². The van der Waals surface area contributed by atoms with Gasteiger partial charge in [-0.25, -0.2) is 8.42 Å². The summed E-state index contributed by atoms with van der Waals surface area (Å²) in [7, 11) is -2.36. The van der Waals surface area contributed by atoms with Gasteiger partial charge in [0, 0.05) is 4.47 Å². The predicted octanol–water partition coefficient (Wildman–Crippen LogP) is 5.17. The van der Waals surface area contributed by atoms with Crippen LogP contribution in [-0.2, 0) is 14.8 Å². The van der Waals surface area contributed by atoms with Crippen molar-refractivity contribution in [1.29, 1.82) is 0 Å². The first-order valence-electron chi connectivity index (χ1n) is 9.82. The zero-order valence-electron chi connectivity index (χ0n) is 17.8. The second-order valence-electron chi connectivity index (χ2n) is 7.06. The Morgan fingerprint density at radius 1 is 1.09 bits per heavy atom. The lowest BCUT2D eigenvalue weighted by molar-refractivity contribution is -0.123. The van der Waals surface area contributed by atoms with Gasteiger partial charge >= 0.3 is 0 Å².